The molecule has 1 fully saturated rings. The number of benzene rings is 2. The van der Waals surface area contributed by atoms with E-state index in [9.17, 15) is 8.60 Å². The Hall–Kier alpha value is -0.980. The van der Waals surface area contributed by atoms with Crippen LogP contribution in [0.1, 0.15) is 42.2 Å². The molecule has 1 aliphatic rings. The first-order chi connectivity index (χ1) is 14.4. The fourth-order valence-corrected chi connectivity index (χ4v) is 5.13. The number of rotatable bonds is 8. The van der Waals surface area contributed by atoms with Crippen LogP contribution in [0.2, 0.25) is 10.0 Å². The monoisotopic (exact) mass is 470 g/mol. The topological polar surface area (TPSA) is 32.3 Å². The summed E-state index contributed by atoms with van der Waals surface area (Å²) in [5.74, 6) is 0.379. The van der Waals surface area contributed by atoms with Crippen LogP contribution in [0.3, 0.4) is 0 Å². The zero-order chi connectivity index (χ0) is 21.7. The van der Waals surface area contributed by atoms with Crippen LogP contribution >= 0.6 is 23.2 Å². The lowest BCUT2D eigenvalue weighted by Crippen LogP contribution is -2.35. The molecule has 2 atom stereocenters. The van der Waals surface area contributed by atoms with Crippen molar-refractivity contribution in [3.8, 4) is 0 Å². The van der Waals surface area contributed by atoms with E-state index in [1.807, 2.05) is 25.2 Å². The summed E-state index contributed by atoms with van der Waals surface area (Å²) in [7, 11) is 0.675. The summed E-state index contributed by atoms with van der Waals surface area (Å²) < 4.78 is 25.8. The van der Waals surface area contributed by atoms with Crippen LogP contribution in [0.15, 0.2) is 41.3 Å². The number of hydrogen-bond acceptors (Lipinski definition) is 3. The van der Waals surface area contributed by atoms with Gasteiger partial charge in [0, 0.05) is 12.8 Å². The lowest BCUT2D eigenvalue weighted by molar-refractivity contribution is 0.205. The van der Waals surface area contributed by atoms with E-state index in [0.717, 1.165) is 51.0 Å². The molecule has 3 rings (SSSR count). The second-order valence-corrected chi connectivity index (χ2v) is 10.1. The quantitative estimate of drug-likeness (QED) is 0.556. The number of likely N-dealkylation sites (tertiary alicyclic amines) is 1. The Morgan fingerprint density at radius 2 is 1.90 bits per heavy atom. The van der Waals surface area contributed by atoms with Crippen molar-refractivity contribution in [1.82, 2.24) is 10.2 Å². The van der Waals surface area contributed by atoms with Crippen LogP contribution in [-0.4, -0.2) is 48.6 Å². The van der Waals surface area contributed by atoms with Crippen molar-refractivity contribution in [3.05, 3.63) is 63.4 Å². The van der Waals surface area contributed by atoms with E-state index in [1.54, 1.807) is 12.1 Å². The van der Waals surface area contributed by atoms with Gasteiger partial charge in [-0.15, -0.1) is 0 Å². The summed E-state index contributed by atoms with van der Waals surface area (Å²) >= 11 is 12.3. The van der Waals surface area contributed by atoms with Gasteiger partial charge >= 0.3 is 0 Å². The summed E-state index contributed by atoms with van der Waals surface area (Å²) in [4.78, 5) is 2.77. The summed E-state index contributed by atoms with van der Waals surface area (Å²) in [6.45, 7) is 3.91. The maximum Gasteiger partial charge on any atom is 0.139 e. The highest BCUT2D eigenvalue weighted by Gasteiger charge is 2.23. The van der Waals surface area contributed by atoms with Gasteiger partial charge in [-0.3, -0.25) is 4.21 Å². The van der Waals surface area contributed by atoms with Gasteiger partial charge in [0.05, 0.1) is 25.7 Å². The Morgan fingerprint density at radius 1 is 1.17 bits per heavy atom. The van der Waals surface area contributed by atoms with Gasteiger partial charge in [0.15, 0.2) is 0 Å². The zero-order valence-corrected chi connectivity index (χ0v) is 19.8. The molecule has 0 spiro atoms. The van der Waals surface area contributed by atoms with E-state index in [1.165, 1.54) is 11.8 Å². The van der Waals surface area contributed by atoms with Gasteiger partial charge in [0.25, 0.3) is 0 Å². The Kier molecular flexibility index (Phi) is 8.72. The molecule has 0 aliphatic carbocycles. The van der Waals surface area contributed by atoms with E-state index in [-0.39, 0.29) is 10.7 Å². The van der Waals surface area contributed by atoms with Crippen molar-refractivity contribution in [2.45, 2.75) is 36.0 Å². The minimum Gasteiger partial charge on any atom is -0.319 e. The van der Waals surface area contributed by atoms with Crippen molar-refractivity contribution in [2.24, 2.45) is 0 Å². The first kappa shape index (κ1) is 23.7. The fraction of sp³-hybridized carbons (Fsp3) is 0.478. The number of nitrogens with one attached hydrogen (secondary N) is 1. The van der Waals surface area contributed by atoms with Crippen LogP contribution in [0.25, 0.3) is 0 Å². The Labute approximate surface area is 191 Å². The molecule has 0 radical (unpaired) electrons. The van der Waals surface area contributed by atoms with E-state index >= 15 is 0 Å². The lowest BCUT2D eigenvalue weighted by Gasteiger charge is -2.33. The maximum absolute atomic E-state index is 14.2. The molecule has 0 amide bonds. The summed E-state index contributed by atoms with van der Waals surface area (Å²) in [6, 6.07) is 11.1. The second-order valence-electron chi connectivity index (χ2n) is 7.98. The highest BCUT2D eigenvalue weighted by Crippen LogP contribution is 2.31. The predicted octanol–water partition coefficient (Wildman–Crippen LogP) is 5.44. The molecule has 1 heterocycles. The van der Waals surface area contributed by atoms with Gasteiger partial charge in [-0.2, -0.15) is 0 Å². The highest BCUT2D eigenvalue weighted by molar-refractivity contribution is 7.84. The Bertz CT molecular complexity index is 888. The SMILES string of the molecule is CNCC(CCN1CCC(c2ccc(S(C)=O)c(F)c2)CC1)c1ccc(Cl)c(Cl)c1. The van der Waals surface area contributed by atoms with Crippen molar-refractivity contribution >= 4 is 34.0 Å². The van der Waals surface area contributed by atoms with E-state index < -0.39 is 10.8 Å². The Morgan fingerprint density at radius 3 is 2.50 bits per heavy atom. The molecule has 2 unspecified atom stereocenters. The van der Waals surface area contributed by atoms with E-state index in [0.29, 0.717) is 21.9 Å². The van der Waals surface area contributed by atoms with E-state index in [2.05, 4.69) is 16.3 Å². The lowest BCUT2D eigenvalue weighted by atomic mass is 9.89. The minimum absolute atomic E-state index is 0.286. The maximum atomic E-state index is 14.2. The number of halogens is 3. The van der Waals surface area contributed by atoms with Gasteiger partial charge in [0.1, 0.15) is 5.82 Å². The highest BCUT2D eigenvalue weighted by atomic mass is 35.5. The van der Waals surface area contributed by atoms with E-state index in [4.69, 9.17) is 23.2 Å². The molecule has 2 aromatic carbocycles. The predicted molar refractivity (Wildman–Crippen MR) is 125 cm³/mol. The number of nitrogens with zero attached hydrogens (tertiary/aromatic N) is 1. The number of piperidine rings is 1. The molecule has 3 nitrogen and oxygen atoms in total. The Balaban J connectivity index is 1.55. The van der Waals surface area contributed by atoms with Crippen molar-refractivity contribution in [1.29, 1.82) is 0 Å². The van der Waals surface area contributed by atoms with Gasteiger partial charge in [-0.05, 0) is 93.2 Å². The summed E-state index contributed by atoms with van der Waals surface area (Å²) in [5.41, 5.74) is 2.22. The number of likely N-dealkylation sites (N-methyl/N-ethyl adjacent to an activating group) is 1. The average Bonchev–Trinajstić information content (AvgIpc) is 2.73. The fourth-order valence-electron chi connectivity index (χ4n) is 4.23. The third kappa shape index (κ3) is 6.04. The van der Waals surface area contributed by atoms with Gasteiger partial charge in [-0.25, -0.2) is 4.39 Å². The zero-order valence-electron chi connectivity index (χ0n) is 17.5. The van der Waals surface area contributed by atoms with Crippen LogP contribution in [0.4, 0.5) is 4.39 Å². The van der Waals surface area contributed by atoms with Crippen LogP contribution in [0, 0.1) is 5.82 Å². The van der Waals surface area contributed by atoms with Crippen molar-refractivity contribution in [3.63, 3.8) is 0 Å². The molecule has 2 aromatic rings. The molecule has 1 aliphatic heterocycles. The first-order valence-electron chi connectivity index (χ1n) is 10.3. The van der Waals surface area contributed by atoms with Crippen molar-refractivity contribution < 1.29 is 8.60 Å². The first-order valence-corrected chi connectivity index (χ1v) is 12.6. The molecule has 164 valence electrons. The average molecular weight is 471 g/mol. The standard InChI is InChI=1S/C23H29Cl2FN2OS/c1-27-15-19(17-3-5-20(24)21(25)13-17)9-12-28-10-7-16(8-11-28)18-4-6-23(30(2)29)22(26)14-18/h3-6,13-14,16,19,27H,7-12,15H2,1-2H3. The molecule has 1 N–H and O–H groups in total. The summed E-state index contributed by atoms with van der Waals surface area (Å²) in [5, 5.41) is 4.46. The second kappa shape index (κ2) is 11.1. The van der Waals surface area contributed by atoms with Crippen LogP contribution in [0.5, 0.6) is 0 Å². The number of hydrogen-bond donors (Lipinski definition) is 1. The van der Waals surface area contributed by atoms with Gasteiger partial charge < -0.3 is 10.2 Å². The molecular formula is C23H29Cl2FN2OS. The largest absolute Gasteiger partial charge is 0.319 e. The van der Waals surface area contributed by atoms with Crippen LogP contribution in [-0.2, 0) is 10.8 Å². The molecule has 7 heteroatoms. The minimum atomic E-state index is -1.29. The molecular weight excluding hydrogens is 442 g/mol. The summed E-state index contributed by atoms with van der Waals surface area (Å²) in [6.07, 6.45) is 4.57. The normalized spacial score (nSPS) is 17.8. The molecule has 0 bridgehead atoms. The van der Waals surface area contributed by atoms with Gasteiger partial charge in [0.2, 0.25) is 0 Å². The molecule has 0 saturated carbocycles. The molecule has 0 aromatic heterocycles. The molecule has 1 saturated heterocycles. The third-order valence-corrected chi connectivity index (χ3v) is 7.67. The molecule has 30 heavy (non-hydrogen) atoms. The van der Waals surface area contributed by atoms with Gasteiger partial charge in [-0.1, -0.05) is 35.3 Å². The van der Waals surface area contributed by atoms with Crippen molar-refractivity contribution in [2.75, 3.05) is 39.5 Å². The smallest absolute Gasteiger partial charge is 0.139 e. The third-order valence-electron chi connectivity index (χ3n) is 5.98. The van der Waals surface area contributed by atoms with Crippen LogP contribution < -0.4 is 5.32 Å².